The summed E-state index contributed by atoms with van der Waals surface area (Å²) in [5.74, 6) is 0.0433. The molecular weight excluding hydrogens is 380 g/mol. The summed E-state index contributed by atoms with van der Waals surface area (Å²) >= 11 is 0. The van der Waals surface area contributed by atoms with Crippen LogP contribution in [0.15, 0.2) is 24.3 Å². The second kappa shape index (κ2) is 7.97. The molecule has 5 rings (SSSR count). The molecule has 6 nitrogen and oxygen atoms in total. The first kappa shape index (κ1) is 20.0. The van der Waals surface area contributed by atoms with Crippen LogP contribution >= 0.6 is 0 Å². The zero-order valence-electron chi connectivity index (χ0n) is 17.5. The summed E-state index contributed by atoms with van der Waals surface area (Å²) in [5, 5.41) is 12.6. The smallest absolute Gasteiger partial charge is 0.320 e. The molecule has 1 saturated carbocycles. The van der Waals surface area contributed by atoms with E-state index in [0.717, 1.165) is 58.2 Å². The minimum Gasteiger partial charge on any atom is -0.480 e. The van der Waals surface area contributed by atoms with Gasteiger partial charge in [-0.25, -0.2) is 0 Å². The number of rotatable bonds is 4. The van der Waals surface area contributed by atoms with Gasteiger partial charge in [0.15, 0.2) is 0 Å². The number of aliphatic carboxylic acids is 1. The number of hydrogen-bond acceptors (Lipinski definition) is 4. The molecule has 2 N–H and O–H groups in total. The van der Waals surface area contributed by atoms with Gasteiger partial charge in [0.25, 0.3) is 5.91 Å². The van der Waals surface area contributed by atoms with E-state index in [-0.39, 0.29) is 18.1 Å². The first-order valence-electron chi connectivity index (χ1n) is 11.5. The summed E-state index contributed by atoms with van der Waals surface area (Å²) in [6, 6.07) is 8.54. The Labute approximate surface area is 178 Å². The van der Waals surface area contributed by atoms with E-state index in [1.165, 1.54) is 17.5 Å². The number of benzene rings is 1. The maximum Gasteiger partial charge on any atom is 0.320 e. The molecule has 3 saturated heterocycles. The van der Waals surface area contributed by atoms with E-state index in [1.807, 2.05) is 4.90 Å². The van der Waals surface area contributed by atoms with E-state index in [9.17, 15) is 14.7 Å². The van der Waals surface area contributed by atoms with Gasteiger partial charge in [0.05, 0.1) is 0 Å². The predicted molar refractivity (Wildman–Crippen MR) is 112 cm³/mol. The zero-order valence-corrected chi connectivity index (χ0v) is 17.5. The number of carboxylic acid groups (broad SMARTS) is 1. The van der Waals surface area contributed by atoms with Crippen LogP contribution in [0.5, 0.6) is 0 Å². The predicted octanol–water partition coefficient (Wildman–Crippen LogP) is 3.23. The topological polar surface area (TPSA) is 78.9 Å². The highest BCUT2D eigenvalue weighted by Crippen LogP contribution is 2.65. The molecule has 1 aromatic carbocycles. The van der Waals surface area contributed by atoms with Crippen LogP contribution in [0.1, 0.15) is 74.5 Å². The Kier molecular flexibility index (Phi) is 5.31. The van der Waals surface area contributed by atoms with Crippen LogP contribution < -0.4 is 5.32 Å². The SMILES string of the molecule is O=C(O)C1CCCC(c2ccc([C@@H]3CC34CCN(C(=O)[C@H]3CCCO3)CC4)cc2)N1. The highest BCUT2D eigenvalue weighted by molar-refractivity contribution is 5.81. The van der Waals surface area contributed by atoms with E-state index in [1.54, 1.807) is 0 Å². The van der Waals surface area contributed by atoms with Gasteiger partial charge in [-0.3, -0.25) is 14.9 Å². The molecule has 2 unspecified atom stereocenters. The summed E-state index contributed by atoms with van der Waals surface area (Å²) in [6.07, 6.45) is 7.71. The van der Waals surface area contributed by atoms with Gasteiger partial charge < -0.3 is 14.7 Å². The highest BCUT2D eigenvalue weighted by Gasteiger charge is 2.55. The van der Waals surface area contributed by atoms with Crippen LogP contribution in [0.4, 0.5) is 0 Å². The number of piperidine rings is 2. The van der Waals surface area contributed by atoms with Crippen molar-refractivity contribution in [3.8, 4) is 0 Å². The fraction of sp³-hybridized carbons (Fsp3) is 0.667. The van der Waals surface area contributed by atoms with Gasteiger partial charge in [-0.2, -0.15) is 0 Å². The van der Waals surface area contributed by atoms with E-state index in [4.69, 9.17) is 4.74 Å². The largest absolute Gasteiger partial charge is 0.480 e. The molecule has 1 aliphatic carbocycles. The van der Waals surface area contributed by atoms with Crippen LogP contribution in [0, 0.1) is 5.41 Å². The van der Waals surface area contributed by atoms with Crippen molar-refractivity contribution < 1.29 is 19.4 Å². The number of carbonyl (C=O) groups is 2. The monoisotopic (exact) mass is 412 g/mol. The number of carbonyl (C=O) groups excluding carboxylic acids is 1. The van der Waals surface area contributed by atoms with Crippen molar-refractivity contribution in [2.75, 3.05) is 19.7 Å². The Morgan fingerprint density at radius 3 is 2.43 bits per heavy atom. The van der Waals surface area contributed by atoms with Gasteiger partial charge in [0.1, 0.15) is 12.1 Å². The number of likely N-dealkylation sites (tertiary alicyclic amines) is 1. The Morgan fingerprint density at radius 1 is 1.03 bits per heavy atom. The summed E-state index contributed by atoms with van der Waals surface area (Å²) in [4.78, 5) is 25.9. The fourth-order valence-electron chi connectivity index (χ4n) is 5.87. The quantitative estimate of drug-likeness (QED) is 0.794. The number of amides is 1. The Morgan fingerprint density at radius 2 is 1.77 bits per heavy atom. The third-order valence-electron chi connectivity index (χ3n) is 7.89. The van der Waals surface area contributed by atoms with Crippen LogP contribution in [-0.4, -0.2) is 53.7 Å². The Bertz CT molecular complexity index is 794. The Balaban J connectivity index is 1.17. The molecule has 4 atom stereocenters. The fourth-order valence-corrected chi connectivity index (χ4v) is 5.87. The molecule has 162 valence electrons. The lowest BCUT2D eigenvalue weighted by atomic mass is 9.87. The molecule has 1 amide bonds. The highest BCUT2D eigenvalue weighted by atomic mass is 16.5. The van der Waals surface area contributed by atoms with Crippen molar-refractivity contribution in [1.82, 2.24) is 10.2 Å². The van der Waals surface area contributed by atoms with Crippen molar-refractivity contribution in [2.45, 2.75) is 75.5 Å². The van der Waals surface area contributed by atoms with Crippen LogP contribution in [0.25, 0.3) is 0 Å². The molecule has 0 aromatic heterocycles. The lowest BCUT2D eigenvalue weighted by molar-refractivity contribution is -0.142. The Hall–Kier alpha value is -1.92. The molecule has 4 aliphatic rings. The van der Waals surface area contributed by atoms with Gasteiger partial charge in [-0.1, -0.05) is 24.3 Å². The van der Waals surface area contributed by atoms with Crippen molar-refractivity contribution >= 4 is 11.9 Å². The molecule has 1 spiro atoms. The lowest BCUT2D eigenvalue weighted by Crippen LogP contribution is -2.44. The maximum absolute atomic E-state index is 12.6. The van der Waals surface area contributed by atoms with E-state index < -0.39 is 12.0 Å². The minimum atomic E-state index is -0.749. The lowest BCUT2D eigenvalue weighted by Gasteiger charge is -2.34. The first-order chi connectivity index (χ1) is 14.6. The van der Waals surface area contributed by atoms with Gasteiger partial charge >= 0.3 is 5.97 Å². The summed E-state index contributed by atoms with van der Waals surface area (Å²) in [7, 11) is 0. The molecule has 0 radical (unpaired) electrons. The van der Waals surface area contributed by atoms with E-state index in [2.05, 4.69) is 29.6 Å². The van der Waals surface area contributed by atoms with Crippen LogP contribution in [0.2, 0.25) is 0 Å². The average Bonchev–Trinajstić information content (AvgIpc) is 3.20. The summed E-state index contributed by atoms with van der Waals surface area (Å²) in [6.45, 7) is 2.44. The van der Waals surface area contributed by atoms with Gasteiger partial charge in [-0.05, 0) is 73.8 Å². The van der Waals surface area contributed by atoms with Gasteiger partial charge in [0.2, 0.25) is 0 Å². The van der Waals surface area contributed by atoms with Gasteiger partial charge in [0, 0.05) is 25.7 Å². The number of nitrogens with one attached hydrogen (secondary N) is 1. The number of ether oxygens (including phenoxy) is 1. The van der Waals surface area contributed by atoms with Crippen molar-refractivity contribution in [1.29, 1.82) is 0 Å². The third-order valence-corrected chi connectivity index (χ3v) is 7.89. The van der Waals surface area contributed by atoms with E-state index in [0.29, 0.717) is 17.8 Å². The molecule has 3 aliphatic heterocycles. The maximum atomic E-state index is 12.6. The minimum absolute atomic E-state index is 0.133. The molecule has 30 heavy (non-hydrogen) atoms. The average molecular weight is 413 g/mol. The normalized spacial score (nSPS) is 32.9. The standard InChI is InChI=1S/C24H32N2O4/c27-22(21-5-2-14-30-21)26-12-10-24(11-13-26)15-18(24)16-6-8-17(9-7-16)19-3-1-4-20(25-19)23(28)29/h6-9,18-21,25H,1-5,10-15H2,(H,28,29)/t18-,19?,20?,21+/m0/s1. The van der Waals surface area contributed by atoms with Crippen molar-refractivity contribution in [3.05, 3.63) is 35.4 Å². The van der Waals surface area contributed by atoms with E-state index >= 15 is 0 Å². The first-order valence-corrected chi connectivity index (χ1v) is 11.5. The molecule has 0 bridgehead atoms. The van der Waals surface area contributed by atoms with Gasteiger partial charge in [-0.15, -0.1) is 0 Å². The zero-order chi connectivity index (χ0) is 20.7. The molecule has 1 aromatic rings. The summed E-state index contributed by atoms with van der Waals surface area (Å²) in [5.41, 5.74) is 2.95. The second-order valence-electron chi connectivity index (χ2n) is 9.65. The number of nitrogens with zero attached hydrogens (tertiary/aromatic N) is 1. The number of carboxylic acids is 1. The molecule has 3 heterocycles. The molecule has 6 heteroatoms. The van der Waals surface area contributed by atoms with Crippen molar-refractivity contribution in [2.24, 2.45) is 5.41 Å². The van der Waals surface area contributed by atoms with Crippen molar-refractivity contribution in [3.63, 3.8) is 0 Å². The number of hydrogen-bond donors (Lipinski definition) is 2. The third kappa shape index (κ3) is 3.76. The second-order valence-corrected chi connectivity index (χ2v) is 9.65. The van der Waals surface area contributed by atoms with Crippen LogP contribution in [-0.2, 0) is 14.3 Å². The molecular formula is C24H32N2O4. The molecule has 4 fully saturated rings. The summed E-state index contributed by atoms with van der Waals surface area (Å²) < 4.78 is 5.58. The van der Waals surface area contributed by atoms with Crippen LogP contribution in [0.3, 0.4) is 0 Å².